The lowest BCUT2D eigenvalue weighted by Crippen LogP contribution is -2.45. The molecule has 2 aliphatic rings. The molecule has 1 aromatic carbocycles. The first kappa shape index (κ1) is 19.8. The highest BCUT2D eigenvalue weighted by Crippen LogP contribution is 2.35. The molecule has 150 valence electrons. The van der Waals surface area contributed by atoms with Gasteiger partial charge in [0, 0.05) is 25.7 Å². The number of guanidine groups is 1. The fourth-order valence-corrected chi connectivity index (χ4v) is 3.88. The van der Waals surface area contributed by atoms with Crippen molar-refractivity contribution in [1.82, 2.24) is 15.1 Å². The molecule has 3 rings (SSSR count). The van der Waals surface area contributed by atoms with Gasteiger partial charge in [0.2, 0.25) is 0 Å². The number of aliphatic imine (C=N–C) groups is 1. The number of rotatable bonds is 7. The zero-order chi connectivity index (χ0) is 19.4. The van der Waals surface area contributed by atoms with E-state index in [1.807, 2.05) is 0 Å². The van der Waals surface area contributed by atoms with Crippen LogP contribution in [0.25, 0.3) is 0 Å². The van der Waals surface area contributed by atoms with E-state index in [1.54, 1.807) is 14.2 Å². The molecule has 1 unspecified atom stereocenters. The van der Waals surface area contributed by atoms with Crippen molar-refractivity contribution in [3.05, 3.63) is 23.3 Å². The van der Waals surface area contributed by atoms with Gasteiger partial charge in [-0.2, -0.15) is 0 Å². The number of methoxy groups -OCH3 is 2. The summed E-state index contributed by atoms with van der Waals surface area (Å²) in [4.78, 5) is 9.69. The van der Waals surface area contributed by atoms with Crippen molar-refractivity contribution in [3.8, 4) is 11.5 Å². The molecule has 1 aliphatic heterocycles. The zero-order valence-corrected chi connectivity index (χ0v) is 17.4. The standard InChI is InChI=1S/C21H34N4O2/c1-6-22-21(23-13-18(24(2)3)15-7-8-15)25-10-9-16-11-19(26-4)20(27-5)12-17(16)14-25/h11-12,15,18H,6-10,13-14H2,1-5H3,(H,22,23). The maximum atomic E-state index is 5.49. The SMILES string of the molecule is CCNC(=NCC(C1CC1)N(C)C)N1CCc2cc(OC)c(OC)cc2C1. The maximum absolute atomic E-state index is 5.49. The molecule has 1 saturated carbocycles. The normalized spacial score (nSPS) is 18.3. The molecule has 6 nitrogen and oxygen atoms in total. The summed E-state index contributed by atoms with van der Waals surface area (Å²) >= 11 is 0. The molecule has 1 N–H and O–H groups in total. The van der Waals surface area contributed by atoms with Crippen LogP contribution in [0.5, 0.6) is 11.5 Å². The summed E-state index contributed by atoms with van der Waals surface area (Å²) in [6.45, 7) is 5.67. The second-order valence-corrected chi connectivity index (χ2v) is 7.71. The van der Waals surface area contributed by atoms with Crippen molar-refractivity contribution in [2.75, 3.05) is 47.9 Å². The minimum Gasteiger partial charge on any atom is -0.493 e. The lowest BCUT2D eigenvalue weighted by atomic mass is 9.99. The lowest BCUT2D eigenvalue weighted by Gasteiger charge is -2.33. The van der Waals surface area contributed by atoms with E-state index in [1.165, 1.54) is 24.0 Å². The number of likely N-dealkylation sites (N-methyl/N-ethyl adjacent to an activating group) is 1. The number of benzene rings is 1. The molecular formula is C21H34N4O2. The van der Waals surface area contributed by atoms with E-state index in [0.717, 1.165) is 56.0 Å². The van der Waals surface area contributed by atoms with Crippen LogP contribution in [0.2, 0.25) is 0 Å². The Morgan fingerprint density at radius 3 is 2.44 bits per heavy atom. The number of nitrogens with one attached hydrogen (secondary N) is 1. The minimum atomic E-state index is 0.542. The molecule has 0 radical (unpaired) electrons. The molecule has 0 amide bonds. The van der Waals surface area contributed by atoms with Gasteiger partial charge in [0.15, 0.2) is 17.5 Å². The van der Waals surface area contributed by atoms with Crippen LogP contribution in [-0.2, 0) is 13.0 Å². The average molecular weight is 375 g/mol. The van der Waals surface area contributed by atoms with Crippen LogP contribution < -0.4 is 14.8 Å². The largest absolute Gasteiger partial charge is 0.493 e. The van der Waals surface area contributed by atoms with Gasteiger partial charge in [-0.15, -0.1) is 0 Å². The zero-order valence-electron chi connectivity index (χ0n) is 17.4. The Morgan fingerprint density at radius 2 is 1.89 bits per heavy atom. The van der Waals surface area contributed by atoms with E-state index in [-0.39, 0.29) is 0 Å². The first-order valence-electron chi connectivity index (χ1n) is 10.0. The van der Waals surface area contributed by atoms with Crippen LogP contribution in [0.4, 0.5) is 0 Å². The van der Waals surface area contributed by atoms with Crippen LogP contribution in [0, 0.1) is 5.92 Å². The fraction of sp³-hybridized carbons (Fsp3) is 0.667. The van der Waals surface area contributed by atoms with Crippen molar-refractivity contribution in [2.45, 2.75) is 38.8 Å². The molecule has 0 saturated heterocycles. The summed E-state index contributed by atoms with van der Waals surface area (Å²) in [6, 6.07) is 4.77. The highest BCUT2D eigenvalue weighted by atomic mass is 16.5. The van der Waals surface area contributed by atoms with Gasteiger partial charge < -0.3 is 24.6 Å². The monoisotopic (exact) mass is 374 g/mol. The van der Waals surface area contributed by atoms with E-state index in [4.69, 9.17) is 14.5 Å². The van der Waals surface area contributed by atoms with Crippen LogP contribution in [0.1, 0.15) is 30.9 Å². The minimum absolute atomic E-state index is 0.542. The number of hydrogen-bond donors (Lipinski definition) is 1. The predicted molar refractivity (Wildman–Crippen MR) is 110 cm³/mol. The Labute approximate surface area is 163 Å². The van der Waals surface area contributed by atoms with Gasteiger partial charge in [-0.3, -0.25) is 4.99 Å². The van der Waals surface area contributed by atoms with Gasteiger partial charge in [0.1, 0.15) is 0 Å². The number of ether oxygens (including phenoxy) is 2. The van der Waals surface area contributed by atoms with E-state index in [0.29, 0.717) is 6.04 Å². The Hall–Kier alpha value is -1.95. The van der Waals surface area contributed by atoms with Crippen LogP contribution in [0.3, 0.4) is 0 Å². The maximum Gasteiger partial charge on any atom is 0.194 e. The molecule has 6 heteroatoms. The average Bonchev–Trinajstić information content (AvgIpc) is 3.50. The van der Waals surface area contributed by atoms with E-state index in [2.05, 4.69) is 48.3 Å². The first-order valence-corrected chi connectivity index (χ1v) is 10.0. The third-order valence-corrected chi connectivity index (χ3v) is 5.61. The van der Waals surface area contributed by atoms with Crippen LogP contribution >= 0.6 is 0 Å². The summed E-state index contributed by atoms with van der Waals surface area (Å²) in [5.41, 5.74) is 2.62. The summed E-state index contributed by atoms with van der Waals surface area (Å²) in [5.74, 6) is 3.43. The van der Waals surface area contributed by atoms with Crippen LogP contribution in [-0.4, -0.2) is 69.8 Å². The molecule has 27 heavy (non-hydrogen) atoms. The molecule has 1 fully saturated rings. The first-order chi connectivity index (χ1) is 13.1. The van der Waals surface area contributed by atoms with E-state index >= 15 is 0 Å². The van der Waals surface area contributed by atoms with Crippen LogP contribution in [0.15, 0.2) is 17.1 Å². The van der Waals surface area contributed by atoms with Gasteiger partial charge in [-0.1, -0.05) is 0 Å². The van der Waals surface area contributed by atoms with Crippen molar-refractivity contribution in [2.24, 2.45) is 10.9 Å². The highest BCUT2D eigenvalue weighted by molar-refractivity contribution is 5.80. The number of hydrogen-bond acceptors (Lipinski definition) is 4. The summed E-state index contributed by atoms with van der Waals surface area (Å²) in [5, 5.41) is 3.49. The topological polar surface area (TPSA) is 49.3 Å². The Bertz CT molecular complexity index is 668. The second-order valence-electron chi connectivity index (χ2n) is 7.71. The lowest BCUT2D eigenvalue weighted by molar-refractivity contribution is 0.269. The molecule has 1 heterocycles. The third kappa shape index (κ3) is 4.67. The highest BCUT2D eigenvalue weighted by Gasteiger charge is 2.32. The van der Waals surface area contributed by atoms with Gasteiger partial charge >= 0.3 is 0 Å². The number of fused-ring (bicyclic) bond motifs is 1. The summed E-state index contributed by atoms with van der Waals surface area (Å²) in [6.07, 6.45) is 3.67. The van der Waals surface area contributed by atoms with E-state index in [9.17, 15) is 0 Å². The molecular weight excluding hydrogens is 340 g/mol. The van der Waals surface area contributed by atoms with Gasteiger partial charge in [0.05, 0.1) is 20.8 Å². The van der Waals surface area contributed by atoms with E-state index < -0.39 is 0 Å². The quantitative estimate of drug-likeness (QED) is 0.587. The Morgan fingerprint density at radius 1 is 1.22 bits per heavy atom. The van der Waals surface area contributed by atoms with Gasteiger partial charge in [-0.25, -0.2) is 0 Å². The fourth-order valence-electron chi connectivity index (χ4n) is 3.88. The van der Waals surface area contributed by atoms with Gasteiger partial charge in [0.25, 0.3) is 0 Å². The van der Waals surface area contributed by atoms with Crippen molar-refractivity contribution in [1.29, 1.82) is 0 Å². The van der Waals surface area contributed by atoms with Crippen molar-refractivity contribution < 1.29 is 9.47 Å². The summed E-state index contributed by atoms with van der Waals surface area (Å²) < 4.78 is 10.9. The Balaban J connectivity index is 1.76. The van der Waals surface area contributed by atoms with Gasteiger partial charge in [-0.05, 0) is 69.5 Å². The molecule has 1 atom stereocenters. The Kier molecular flexibility index (Phi) is 6.47. The van der Waals surface area contributed by atoms with Crippen molar-refractivity contribution in [3.63, 3.8) is 0 Å². The molecule has 0 aromatic heterocycles. The molecule has 0 bridgehead atoms. The third-order valence-electron chi connectivity index (χ3n) is 5.61. The smallest absolute Gasteiger partial charge is 0.194 e. The predicted octanol–water partition coefficient (Wildman–Crippen LogP) is 2.37. The summed E-state index contributed by atoms with van der Waals surface area (Å²) in [7, 11) is 7.72. The molecule has 1 aliphatic carbocycles. The van der Waals surface area contributed by atoms with Crippen molar-refractivity contribution >= 4 is 5.96 Å². The molecule has 0 spiro atoms. The second kappa shape index (κ2) is 8.83. The number of nitrogens with zero attached hydrogens (tertiary/aromatic N) is 3. The molecule has 1 aromatic rings.